The molecule has 7 rings (SSSR count). The standard InChI is InChI=1S/C32H33Cl2N3O5S/c1-17(2)42-26-10-19(31(38)39)11-27-29(26)35-32(43-27)37-9-8-36-14-21(12-20(36)13-37)40-16-23-22(15-41-30(23)18-6-7-18)28-24(33)4-3-5-25(28)34/h3-5,10-11,15,17-18,20-21H,6-9,12-14,16H2,1-2H3,(H,38,39)/t20?,21-/m1/s1. The van der Waals surface area contributed by atoms with Crippen molar-refractivity contribution >= 4 is 55.9 Å². The van der Waals surface area contributed by atoms with Gasteiger partial charge in [-0.2, -0.15) is 0 Å². The Kier molecular flexibility index (Phi) is 7.80. The zero-order valence-corrected chi connectivity index (χ0v) is 26.3. The van der Waals surface area contributed by atoms with Crippen LogP contribution in [-0.4, -0.2) is 65.4 Å². The van der Waals surface area contributed by atoms with Crippen molar-refractivity contribution in [2.75, 3.05) is 31.1 Å². The van der Waals surface area contributed by atoms with Gasteiger partial charge in [0.15, 0.2) is 5.13 Å². The van der Waals surface area contributed by atoms with Crippen LogP contribution < -0.4 is 9.64 Å². The molecule has 2 aliphatic heterocycles. The number of aromatic nitrogens is 1. The van der Waals surface area contributed by atoms with Gasteiger partial charge in [0.25, 0.3) is 0 Å². The predicted molar refractivity (Wildman–Crippen MR) is 169 cm³/mol. The first-order valence-corrected chi connectivity index (χ1v) is 16.3. The maximum Gasteiger partial charge on any atom is 0.335 e. The topological polar surface area (TPSA) is 88.3 Å². The zero-order chi connectivity index (χ0) is 29.8. The molecular weight excluding hydrogens is 609 g/mol. The second-order valence-corrected chi connectivity index (χ2v) is 13.7. The number of carboxylic acid groups (broad SMARTS) is 1. The van der Waals surface area contributed by atoms with Gasteiger partial charge in [0.2, 0.25) is 0 Å². The minimum absolute atomic E-state index is 0.0866. The van der Waals surface area contributed by atoms with E-state index in [9.17, 15) is 9.90 Å². The summed E-state index contributed by atoms with van der Waals surface area (Å²) in [6.45, 7) is 7.79. The monoisotopic (exact) mass is 641 g/mol. The Morgan fingerprint density at radius 2 is 1.98 bits per heavy atom. The molecule has 4 aromatic rings. The van der Waals surface area contributed by atoms with Crippen LogP contribution in [0.1, 0.15) is 60.7 Å². The van der Waals surface area contributed by atoms with Gasteiger partial charge in [0, 0.05) is 54.8 Å². The molecule has 2 aromatic heterocycles. The highest BCUT2D eigenvalue weighted by Gasteiger charge is 2.38. The van der Waals surface area contributed by atoms with E-state index in [1.165, 1.54) is 11.3 Å². The number of hydrogen-bond donors (Lipinski definition) is 1. The van der Waals surface area contributed by atoms with E-state index in [0.29, 0.717) is 34.4 Å². The Bertz CT molecular complexity index is 1660. The molecule has 1 aliphatic carbocycles. The van der Waals surface area contributed by atoms with E-state index in [2.05, 4.69) is 9.80 Å². The summed E-state index contributed by atoms with van der Waals surface area (Å²) in [6.07, 6.45) is 4.96. The first-order chi connectivity index (χ1) is 20.7. The minimum Gasteiger partial charge on any atom is -0.489 e. The molecule has 4 heterocycles. The summed E-state index contributed by atoms with van der Waals surface area (Å²) in [5.74, 6) is 0.972. The number of aromatic carboxylic acids is 1. The molecule has 0 amide bonds. The number of rotatable bonds is 9. The number of carboxylic acids is 1. The highest BCUT2D eigenvalue weighted by atomic mass is 35.5. The van der Waals surface area contributed by atoms with Crippen LogP contribution in [-0.2, 0) is 11.3 Å². The van der Waals surface area contributed by atoms with Crippen molar-refractivity contribution in [3.8, 4) is 16.9 Å². The molecule has 0 radical (unpaired) electrons. The fraction of sp³-hybridized carbons (Fsp3) is 0.438. The molecule has 3 aliphatic rings. The lowest BCUT2D eigenvalue weighted by Gasteiger charge is -2.37. The van der Waals surface area contributed by atoms with E-state index in [1.54, 1.807) is 18.4 Å². The third-order valence-corrected chi connectivity index (χ3v) is 10.2. The second-order valence-electron chi connectivity index (χ2n) is 11.9. The smallest absolute Gasteiger partial charge is 0.335 e. The van der Waals surface area contributed by atoms with Gasteiger partial charge in [-0.3, -0.25) is 4.90 Å². The van der Waals surface area contributed by atoms with Gasteiger partial charge in [-0.15, -0.1) is 0 Å². The fourth-order valence-corrected chi connectivity index (χ4v) is 7.94. The number of furan rings is 1. The molecule has 2 atom stereocenters. The molecule has 3 fully saturated rings. The van der Waals surface area contributed by atoms with Crippen LogP contribution in [0.3, 0.4) is 0 Å². The summed E-state index contributed by atoms with van der Waals surface area (Å²) in [4.78, 5) is 21.5. The third kappa shape index (κ3) is 5.73. The number of nitrogens with zero attached hydrogens (tertiary/aromatic N) is 3. The predicted octanol–water partition coefficient (Wildman–Crippen LogP) is 7.71. The SMILES string of the molecule is CC(C)Oc1cc(C(=O)O)cc2sc(N3CCN4C[C@H](OCc5c(-c6c(Cl)cccc6Cl)coc5C5CC5)CC4C3)nc12. The maximum absolute atomic E-state index is 11.7. The van der Waals surface area contributed by atoms with Gasteiger partial charge in [-0.05, 0) is 57.4 Å². The molecule has 226 valence electrons. The number of anilines is 1. The molecule has 1 saturated carbocycles. The van der Waals surface area contributed by atoms with Crippen LogP contribution in [0, 0.1) is 0 Å². The molecule has 1 unspecified atom stereocenters. The number of hydrogen-bond acceptors (Lipinski definition) is 8. The van der Waals surface area contributed by atoms with E-state index in [-0.39, 0.29) is 17.8 Å². The van der Waals surface area contributed by atoms with E-state index in [4.69, 9.17) is 42.1 Å². The van der Waals surface area contributed by atoms with E-state index < -0.39 is 5.97 Å². The minimum atomic E-state index is -0.974. The summed E-state index contributed by atoms with van der Waals surface area (Å²) in [6, 6.07) is 9.17. The van der Waals surface area contributed by atoms with Crippen LogP contribution in [0.2, 0.25) is 10.0 Å². The van der Waals surface area contributed by atoms with Gasteiger partial charge in [-0.1, -0.05) is 40.6 Å². The lowest BCUT2D eigenvalue weighted by molar-refractivity contribution is 0.0463. The number of fused-ring (bicyclic) bond motifs is 2. The first-order valence-electron chi connectivity index (χ1n) is 14.7. The Morgan fingerprint density at radius 1 is 1.19 bits per heavy atom. The average Bonchev–Trinajstić information content (AvgIpc) is 3.38. The Morgan fingerprint density at radius 3 is 2.70 bits per heavy atom. The van der Waals surface area contributed by atoms with Gasteiger partial charge < -0.3 is 23.9 Å². The van der Waals surface area contributed by atoms with Crippen molar-refractivity contribution in [3.63, 3.8) is 0 Å². The highest BCUT2D eigenvalue weighted by molar-refractivity contribution is 7.22. The molecule has 2 saturated heterocycles. The largest absolute Gasteiger partial charge is 0.489 e. The summed E-state index contributed by atoms with van der Waals surface area (Å²) in [7, 11) is 0. The molecule has 11 heteroatoms. The normalized spacial score (nSPS) is 20.7. The molecule has 0 bridgehead atoms. The number of thiazole rings is 1. The molecule has 43 heavy (non-hydrogen) atoms. The number of carbonyl (C=O) groups is 1. The van der Waals surface area contributed by atoms with Crippen molar-refractivity contribution in [2.45, 2.75) is 63.9 Å². The third-order valence-electron chi connectivity index (χ3n) is 8.48. The summed E-state index contributed by atoms with van der Waals surface area (Å²) < 4.78 is 19.4. The van der Waals surface area contributed by atoms with Crippen molar-refractivity contribution in [3.05, 3.63) is 63.5 Å². The van der Waals surface area contributed by atoms with Crippen LogP contribution >= 0.6 is 34.5 Å². The lowest BCUT2D eigenvalue weighted by atomic mass is 10.0. The number of benzene rings is 2. The van der Waals surface area contributed by atoms with Crippen molar-refractivity contribution in [2.24, 2.45) is 0 Å². The number of ether oxygens (including phenoxy) is 2. The number of piperazine rings is 1. The molecule has 1 N–H and O–H groups in total. The summed E-state index contributed by atoms with van der Waals surface area (Å²) >= 11 is 14.7. The highest BCUT2D eigenvalue weighted by Crippen LogP contribution is 2.47. The quantitative estimate of drug-likeness (QED) is 0.199. The average molecular weight is 643 g/mol. The zero-order valence-electron chi connectivity index (χ0n) is 24.0. The summed E-state index contributed by atoms with van der Waals surface area (Å²) in [5.41, 5.74) is 3.70. The Labute approximate surface area is 264 Å². The maximum atomic E-state index is 11.7. The Balaban J connectivity index is 1.06. The van der Waals surface area contributed by atoms with Gasteiger partial charge in [-0.25, -0.2) is 9.78 Å². The van der Waals surface area contributed by atoms with Crippen molar-refractivity contribution < 1.29 is 23.8 Å². The van der Waals surface area contributed by atoms with Crippen LogP contribution in [0.25, 0.3) is 21.3 Å². The van der Waals surface area contributed by atoms with Gasteiger partial charge in [0.05, 0.1) is 45.4 Å². The van der Waals surface area contributed by atoms with E-state index in [1.807, 2.05) is 32.0 Å². The second kappa shape index (κ2) is 11.6. The molecule has 0 spiro atoms. The number of halogens is 2. The fourth-order valence-electron chi connectivity index (χ4n) is 6.28. The van der Waals surface area contributed by atoms with E-state index in [0.717, 1.165) is 83.2 Å². The van der Waals surface area contributed by atoms with E-state index >= 15 is 0 Å². The van der Waals surface area contributed by atoms with Crippen molar-refractivity contribution in [1.29, 1.82) is 0 Å². The lowest BCUT2D eigenvalue weighted by Crippen LogP contribution is -2.50. The van der Waals surface area contributed by atoms with Crippen molar-refractivity contribution in [1.82, 2.24) is 9.88 Å². The van der Waals surface area contributed by atoms with Crippen LogP contribution in [0.5, 0.6) is 5.75 Å². The molecule has 2 aromatic carbocycles. The summed E-state index contributed by atoms with van der Waals surface area (Å²) in [5, 5.41) is 11.7. The van der Waals surface area contributed by atoms with Crippen LogP contribution in [0.4, 0.5) is 5.13 Å². The van der Waals surface area contributed by atoms with Gasteiger partial charge >= 0.3 is 5.97 Å². The van der Waals surface area contributed by atoms with Crippen LogP contribution in [0.15, 0.2) is 41.0 Å². The molecular formula is C32H33Cl2N3O5S. The molecule has 8 nitrogen and oxygen atoms in total. The Hall–Kier alpha value is -2.82. The first kappa shape index (κ1) is 28.9. The van der Waals surface area contributed by atoms with Gasteiger partial charge in [0.1, 0.15) is 17.0 Å².